The van der Waals surface area contributed by atoms with E-state index < -0.39 is 0 Å². The summed E-state index contributed by atoms with van der Waals surface area (Å²) in [5.41, 5.74) is 4.76. The van der Waals surface area contributed by atoms with E-state index in [1.54, 1.807) is 7.05 Å². The van der Waals surface area contributed by atoms with Gasteiger partial charge in [-0.1, -0.05) is 23.7 Å². The fourth-order valence-electron chi connectivity index (χ4n) is 2.62. The van der Waals surface area contributed by atoms with Crippen LogP contribution in [-0.4, -0.2) is 29.3 Å². The molecule has 0 atom stereocenters. The Labute approximate surface area is 149 Å². The summed E-state index contributed by atoms with van der Waals surface area (Å²) in [4.78, 5) is 4.28. The van der Waals surface area contributed by atoms with Crippen LogP contribution < -0.4 is 10.6 Å². The van der Waals surface area contributed by atoms with Crippen molar-refractivity contribution in [3.05, 3.63) is 51.8 Å². The lowest BCUT2D eigenvalue weighted by atomic mass is 10.1. The maximum absolute atomic E-state index is 5.90. The molecule has 0 bridgehead atoms. The number of nitrogens with one attached hydrogen (secondary N) is 2. The molecule has 130 valence electrons. The van der Waals surface area contributed by atoms with Crippen LogP contribution in [0.5, 0.6) is 0 Å². The van der Waals surface area contributed by atoms with Crippen molar-refractivity contribution in [3.63, 3.8) is 0 Å². The Kier molecular flexibility index (Phi) is 6.67. The Morgan fingerprint density at radius 3 is 2.50 bits per heavy atom. The number of rotatable bonds is 6. The van der Waals surface area contributed by atoms with Crippen molar-refractivity contribution in [3.8, 4) is 0 Å². The molecule has 6 heteroatoms. The number of guanidine groups is 1. The molecule has 0 aliphatic heterocycles. The Morgan fingerprint density at radius 1 is 1.21 bits per heavy atom. The van der Waals surface area contributed by atoms with Crippen molar-refractivity contribution < 1.29 is 0 Å². The number of hydrogen-bond acceptors (Lipinski definition) is 2. The minimum Gasteiger partial charge on any atom is -0.356 e. The molecule has 0 aliphatic rings. The molecule has 2 rings (SSSR count). The van der Waals surface area contributed by atoms with E-state index in [-0.39, 0.29) is 0 Å². The van der Waals surface area contributed by atoms with E-state index in [1.807, 2.05) is 30.8 Å². The smallest absolute Gasteiger partial charge is 0.191 e. The number of halogens is 1. The van der Waals surface area contributed by atoms with Crippen molar-refractivity contribution in [2.24, 2.45) is 12.0 Å². The van der Waals surface area contributed by atoms with Crippen LogP contribution in [0.4, 0.5) is 0 Å². The highest BCUT2D eigenvalue weighted by Gasteiger charge is 2.09. The van der Waals surface area contributed by atoms with E-state index >= 15 is 0 Å². The van der Waals surface area contributed by atoms with Crippen molar-refractivity contribution >= 4 is 17.6 Å². The number of aromatic nitrogens is 2. The third-order valence-corrected chi connectivity index (χ3v) is 4.42. The second-order valence-corrected chi connectivity index (χ2v) is 6.29. The molecule has 0 aliphatic carbocycles. The van der Waals surface area contributed by atoms with Crippen LogP contribution in [0.25, 0.3) is 0 Å². The zero-order chi connectivity index (χ0) is 17.5. The van der Waals surface area contributed by atoms with E-state index in [0.717, 1.165) is 42.6 Å². The Hall–Kier alpha value is -2.01. The molecule has 5 nitrogen and oxygen atoms in total. The first kappa shape index (κ1) is 18.3. The van der Waals surface area contributed by atoms with Gasteiger partial charge in [-0.15, -0.1) is 0 Å². The predicted molar refractivity (Wildman–Crippen MR) is 101 cm³/mol. The van der Waals surface area contributed by atoms with Gasteiger partial charge in [-0.3, -0.25) is 9.67 Å². The lowest BCUT2D eigenvalue weighted by molar-refractivity contribution is 0.726. The summed E-state index contributed by atoms with van der Waals surface area (Å²) in [6.07, 6.45) is 2.05. The van der Waals surface area contributed by atoms with Gasteiger partial charge in [0.25, 0.3) is 0 Å². The number of nitrogens with zero attached hydrogens (tertiary/aromatic N) is 3. The van der Waals surface area contributed by atoms with Crippen molar-refractivity contribution in [2.75, 3.05) is 13.6 Å². The molecule has 0 saturated heterocycles. The van der Waals surface area contributed by atoms with Gasteiger partial charge in [-0.25, -0.2) is 0 Å². The summed E-state index contributed by atoms with van der Waals surface area (Å²) in [6, 6.07) is 8.01. The van der Waals surface area contributed by atoms with Gasteiger partial charge in [0.2, 0.25) is 0 Å². The lowest BCUT2D eigenvalue weighted by Gasteiger charge is -2.12. The van der Waals surface area contributed by atoms with Gasteiger partial charge in [0, 0.05) is 43.5 Å². The topological polar surface area (TPSA) is 54.2 Å². The van der Waals surface area contributed by atoms with E-state index in [9.17, 15) is 0 Å². The first-order valence-electron chi connectivity index (χ1n) is 8.19. The molecular weight excluding hydrogens is 322 g/mol. The second-order valence-electron chi connectivity index (χ2n) is 5.86. The van der Waals surface area contributed by atoms with E-state index in [1.165, 1.54) is 16.8 Å². The first-order valence-corrected chi connectivity index (χ1v) is 8.57. The van der Waals surface area contributed by atoms with Crippen LogP contribution in [0, 0.1) is 13.8 Å². The molecule has 1 aromatic carbocycles. The van der Waals surface area contributed by atoms with E-state index in [0.29, 0.717) is 0 Å². The highest BCUT2D eigenvalue weighted by Crippen LogP contribution is 2.11. The summed E-state index contributed by atoms with van der Waals surface area (Å²) in [6.45, 7) is 5.71. The normalized spacial score (nSPS) is 11.6. The molecule has 1 heterocycles. The summed E-state index contributed by atoms with van der Waals surface area (Å²) in [7, 11) is 3.76. The summed E-state index contributed by atoms with van der Waals surface area (Å²) in [5.74, 6) is 0.814. The van der Waals surface area contributed by atoms with Crippen LogP contribution in [0.1, 0.15) is 28.9 Å². The van der Waals surface area contributed by atoms with Crippen molar-refractivity contribution in [1.29, 1.82) is 0 Å². The van der Waals surface area contributed by atoms with E-state index in [2.05, 4.69) is 39.8 Å². The van der Waals surface area contributed by atoms with Gasteiger partial charge in [0.05, 0.1) is 5.69 Å². The molecule has 0 saturated carbocycles. The summed E-state index contributed by atoms with van der Waals surface area (Å²) in [5, 5.41) is 11.9. The lowest BCUT2D eigenvalue weighted by Crippen LogP contribution is -2.37. The largest absolute Gasteiger partial charge is 0.356 e. The molecule has 0 amide bonds. The van der Waals surface area contributed by atoms with Gasteiger partial charge in [-0.2, -0.15) is 5.10 Å². The van der Waals surface area contributed by atoms with Gasteiger partial charge >= 0.3 is 0 Å². The quantitative estimate of drug-likeness (QED) is 0.480. The average Bonchev–Trinajstić information content (AvgIpc) is 2.81. The molecule has 1 aromatic heterocycles. The van der Waals surface area contributed by atoms with Gasteiger partial charge in [0.15, 0.2) is 5.96 Å². The predicted octanol–water partition coefficient (Wildman–Crippen LogP) is 2.99. The minimum atomic E-state index is 0.725. The number of aliphatic imine (C=N–C) groups is 1. The SMILES string of the molecule is CN=C(NCCCc1ccc(Cl)cc1)NCc1c(C)nn(C)c1C. The highest BCUT2D eigenvalue weighted by molar-refractivity contribution is 6.30. The van der Waals surface area contributed by atoms with E-state index in [4.69, 9.17) is 11.6 Å². The Balaban J connectivity index is 1.75. The van der Waals surface area contributed by atoms with Gasteiger partial charge in [0.1, 0.15) is 0 Å². The van der Waals surface area contributed by atoms with Crippen LogP contribution in [-0.2, 0) is 20.0 Å². The zero-order valence-corrected chi connectivity index (χ0v) is 15.6. The fourth-order valence-corrected chi connectivity index (χ4v) is 2.74. The van der Waals surface area contributed by atoms with Crippen molar-refractivity contribution in [2.45, 2.75) is 33.2 Å². The molecule has 0 radical (unpaired) electrons. The van der Waals surface area contributed by atoms with Gasteiger partial charge < -0.3 is 10.6 Å². The average molecular weight is 348 g/mol. The number of aryl methyl sites for hydroxylation is 3. The minimum absolute atomic E-state index is 0.725. The number of benzene rings is 1. The van der Waals surface area contributed by atoms with Crippen LogP contribution in [0.3, 0.4) is 0 Å². The summed E-state index contributed by atoms with van der Waals surface area (Å²) < 4.78 is 1.91. The molecule has 0 fully saturated rings. The molecule has 24 heavy (non-hydrogen) atoms. The molecule has 2 aromatic rings. The molecule has 0 unspecified atom stereocenters. The summed E-state index contributed by atoms with van der Waals surface area (Å²) >= 11 is 5.90. The van der Waals surface area contributed by atoms with Crippen molar-refractivity contribution in [1.82, 2.24) is 20.4 Å². The second kappa shape index (κ2) is 8.73. The molecule has 2 N–H and O–H groups in total. The molecular formula is C18H26ClN5. The molecule has 0 spiro atoms. The maximum Gasteiger partial charge on any atom is 0.191 e. The monoisotopic (exact) mass is 347 g/mol. The number of hydrogen-bond donors (Lipinski definition) is 2. The standard InChI is InChI=1S/C18H26ClN5/c1-13-17(14(2)24(4)23-13)12-22-18(20-3)21-11-5-6-15-7-9-16(19)10-8-15/h7-10H,5-6,11-12H2,1-4H3,(H2,20,21,22). The zero-order valence-electron chi connectivity index (χ0n) is 14.9. The first-order chi connectivity index (χ1) is 11.5. The van der Waals surface area contributed by atoms with Crippen LogP contribution >= 0.6 is 11.6 Å². The van der Waals surface area contributed by atoms with Gasteiger partial charge in [-0.05, 0) is 44.4 Å². The Bertz CT molecular complexity index is 688. The third kappa shape index (κ3) is 4.99. The highest BCUT2D eigenvalue weighted by atomic mass is 35.5. The fraction of sp³-hybridized carbons (Fsp3) is 0.444. The Morgan fingerprint density at radius 2 is 1.92 bits per heavy atom. The van der Waals surface area contributed by atoms with Crippen LogP contribution in [0.2, 0.25) is 5.02 Å². The van der Waals surface area contributed by atoms with Crippen LogP contribution in [0.15, 0.2) is 29.3 Å². The third-order valence-electron chi connectivity index (χ3n) is 4.16. The maximum atomic E-state index is 5.90.